The predicted octanol–water partition coefficient (Wildman–Crippen LogP) is 6.61. The summed E-state index contributed by atoms with van der Waals surface area (Å²) in [6.45, 7) is 8.55. The van der Waals surface area contributed by atoms with E-state index in [2.05, 4.69) is 79.3 Å². The van der Waals surface area contributed by atoms with Crippen LogP contribution in [0.25, 0.3) is 0 Å². The summed E-state index contributed by atoms with van der Waals surface area (Å²) in [7, 11) is 0. The van der Waals surface area contributed by atoms with Crippen LogP contribution in [0.1, 0.15) is 55.0 Å². The smallest absolute Gasteiger partial charge is 0.227 e. The van der Waals surface area contributed by atoms with Gasteiger partial charge in [-0.3, -0.25) is 4.79 Å². The van der Waals surface area contributed by atoms with Crippen LogP contribution < -0.4 is 5.32 Å². The number of hydrogen-bond acceptors (Lipinski definition) is 5. The minimum atomic E-state index is -0.268. The van der Waals surface area contributed by atoms with E-state index in [4.69, 9.17) is 10.1 Å². The summed E-state index contributed by atoms with van der Waals surface area (Å²) >= 11 is 5.15. The SMILES string of the molecule is Cc1ccc(CSc2nc3n(n2)C(c2ccc(Br)cc2)C2=C(CC(C)(C)CC2=O)N3)c(C)c1. The second kappa shape index (κ2) is 8.44. The van der Waals surface area contributed by atoms with Crippen LogP contribution in [0.3, 0.4) is 0 Å². The van der Waals surface area contributed by atoms with E-state index in [-0.39, 0.29) is 17.2 Å². The quantitative estimate of drug-likeness (QED) is 0.390. The van der Waals surface area contributed by atoms with Crippen LogP contribution in [0.2, 0.25) is 0 Å². The molecule has 0 saturated heterocycles. The minimum Gasteiger partial charge on any atom is -0.328 e. The van der Waals surface area contributed by atoms with Crippen LogP contribution in [0.4, 0.5) is 5.95 Å². The normalized spacial score (nSPS) is 19.2. The zero-order chi connectivity index (χ0) is 23.3. The van der Waals surface area contributed by atoms with E-state index in [0.717, 1.165) is 33.5 Å². The number of anilines is 1. The Kier molecular flexibility index (Phi) is 5.73. The molecule has 1 aliphatic carbocycles. The van der Waals surface area contributed by atoms with Gasteiger partial charge in [0.2, 0.25) is 11.1 Å². The third-order valence-electron chi connectivity index (χ3n) is 6.35. The van der Waals surface area contributed by atoms with Crippen molar-refractivity contribution in [3.05, 3.63) is 80.5 Å². The lowest BCUT2D eigenvalue weighted by Crippen LogP contribution is -2.36. The fourth-order valence-corrected chi connectivity index (χ4v) is 5.92. The number of nitrogens with one attached hydrogen (secondary N) is 1. The average Bonchev–Trinajstić information content (AvgIpc) is 3.14. The molecule has 0 saturated carbocycles. The number of aryl methyl sites for hydroxylation is 2. The molecule has 1 aliphatic heterocycles. The van der Waals surface area contributed by atoms with Gasteiger partial charge in [0.25, 0.3) is 0 Å². The largest absolute Gasteiger partial charge is 0.328 e. The molecule has 2 aromatic carbocycles. The van der Waals surface area contributed by atoms with E-state index in [1.807, 2.05) is 16.8 Å². The Bertz CT molecular complexity index is 1280. The van der Waals surface area contributed by atoms with Crippen molar-refractivity contribution < 1.29 is 4.79 Å². The summed E-state index contributed by atoms with van der Waals surface area (Å²) < 4.78 is 2.90. The maximum Gasteiger partial charge on any atom is 0.227 e. The molecule has 1 N–H and O–H groups in total. The van der Waals surface area contributed by atoms with Gasteiger partial charge in [-0.2, -0.15) is 4.98 Å². The highest BCUT2D eigenvalue weighted by Crippen LogP contribution is 2.45. The summed E-state index contributed by atoms with van der Waals surface area (Å²) in [6, 6.07) is 14.4. The monoisotopic (exact) mass is 522 g/mol. The zero-order valence-corrected chi connectivity index (χ0v) is 21.7. The number of benzene rings is 2. The van der Waals surface area contributed by atoms with Crippen molar-refractivity contribution in [2.75, 3.05) is 5.32 Å². The molecular weight excluding hydrogens is 496 g/mol. The number of allylic oxidation sites excluding steroid dienone is 2. The second-order valence-corrected chi connectivity index (χ2v) is 11.7. The lowest BCUT2D eigenvalue weighted by Gasteiger charge is -2.38. The van der Waals surface area contributed by atoms with Crippen LogP contribution in [-0.2, 0) is 10.5 Å². The maximum atomic E-state index is 13.3. The van der Waals surface area contributed by atoms with E-state index in [9.17, 15) is 4.79 Å². The third kappa shape index (κ3) is 4.41. The first-order valence-electron chi connectivity index (χ1n) is 11.1. The molecule has 2 heterocycles. The van der Waals surface area contributed by atoms with Crippen LogP contribution in [0.15, 0.2) is 63.4 Å². The minimum absolute atomic E-state index is 0.0735. The number of ketones is 1. The molecule has 5 nitrogen and oxygen atoms in total. The van der Waals surface area contributed by atoms with Crippen molar-refractivity contribution in [2.45, 2.75) is 57.5 Å². The first-order valence-corrected chi connectivity index (χ1v) is 12.9. The first-order chi connectivity index (χ1) is 15.7. The Morgan fingerprint density at radius 3 is 2.64 bits per heavy atom. The number of aromatic nitrogens is 3. The van der Waals surface area contributed by atoms with Crippen molar-refractivity contribution >= 4 is 39.4 Å². The van der Waals surface area contributed by atoms with Crippen molar-refractivity contribution in [1.29, 1.82) is 0 Å². The topological polar surface area (TPSA) is 59.8 Å². The average molecular weight is 524 g/mol. The van der Waals surface area contributed by atoms with E-state index in [1.165, 1.54) is 16.7 Å². The number of halogens is 1. The van der Waals surface area contributed by atoms with Crippen LogP contribution in [0.5, 0.6) is 0 Å². The molecule has 0 spiro atoms. The fourth-order valence-electron chi connectivity index (χ4n) is 4.75. The Morgan fingerprint density at radius 1 is 1.15 bits per heavy atom. The van der Waals surface area contributed by atoms with Gasteiger partial charge in [-0.1, -0.05) is 77.4 Å². The molecule has 1 unspecified atom stereocenters. The second-order valence-electron chi connectivity index (χ2n) is 9.79. The Balaban J connectivity index is 1.51. The summed E-state index contributed by atoms with van der Waals surface area (Å²) in [5, 5.41) is 9.04. The highest BCUT2D eigenvalue weighted by Gasteiger charge is 2.41. The summed E-state index contributed by atoms with van der Waals surface area (Å²) in [4.78, 5) is 18.1. The van der Waals surface area contributed by atoms with E-state index < -0.39 is 0 Å². The van der Waals surface area contributed by atoms with Crippen molar-refractivity contribution in [3.63, 3.8) is 0 Å². The lowest BCUT2D eigenvalue weighted by molar-refractivity contribution is -0.118. The predicted molar refractivity (Wildman–Crippen MR) is 136 cm³/mol. The molecular formula is C26H27BrN4OS. The Labute approximate surface area is 207 Å². The van der Waals surface area contributed by atoms with Gasteiger partial charge in [0.1, 0.15) is 6.04 Å². The number of nitrogens with zero attached hydrogens (tertiary/aromatic N) is 3. The number of fused-ring (bicyclic) bond motifs is 1. The number of thioether (sulfide) groups is 1. The molecule has 2 aliphatic rings. The van der Waals surface area contributed by atoms with E-state index in [1.54, 1.807) is 11.8 Å². The van der Waals surface area contributed by atoms with Crippen molar-refractivity contribution in [2.24, 2.45) is 5.41 Å². The van der Waals surface area contributed by atoms with Gasteiger partial charge in [0, 0.05) is 27.9 Å². The molecule has 0 fully saturated rings. The van der Waals surface area contributed by atoms with Gasteiger partial charge in [0.15, 0.2) is 5.78 Å². The summed E-state index contributed by atoms with van der Waals surface area (Å²) in [6.07, 6.45) is 1.36. The molecule has 0 radical (unpaired) electrons. The van der Waals surface area contributed by atoms with Gasteiger partial charge in [-0.25, -0.2) is 4.68 Å². The number of carbonyl (C=O) groups is 1. The lowest BCUT2D eigenvalue weighted by atomic mass is 9.73. The van der Waals surface area contributed by atoms with Gasteiger partial charge in [-0.15, -0.1) is 5.10 Å². The van der Waals surface area contributed by atoms with Crippen LogP contribution in [0, 0.1) is 19.3 Å². The van der Waals surface area contributed by atoms with Gasteiger partial charge < -0.3 is 5.32 Å². The summed E-state index contributed by atoms with van der Waals surface area (Å²) in [5.74, 6) is 1.69. The molecule has 0 amide bonds. The number of Topliss-reactive ketones (excluding diaryl/α,β-unsaturated/α-hetero) is 1. The van der Waals surface area contributed by atoms with Gasteiger partial charge in [0.05, 0.1) is 0 Å². The molecule has 0 bridgehead atoms. The summed E-state index contributed by atoms with van der Waals surface area (Å²) in [5.41, 5.74) is 6.60. The molecule has 170 valence electrons. The Hall–Kier alpha value is -2.38. The van der Waals surface area contributed by atoms with E-state index in [0.29, 0.717) is 17.5 Å². The number of rotatable bonds is 4. The molecule has 5 rings (SSSR count). The van der Waals surface area contributed by atoms with Crippen molar-refractivity contribution in [1.82, 2.24) is 14.8 Å². The van der Waals surface area contributed by atoms with Gasteiger partial charge >= 0.3 is 0 Å². The molecule has 33 heavy (non-hydrogen) atoms. The number of hydrogen-bond donors (Lipinski definition) is 1. The third-order valence-corrected chi connectivity index (χ3v) is 7.77. The molecule has 7 heteroatoms. The highest BCUT2D eigenvalue weighted by atomic mass is 79.9. The Morgan fingerprint density at radius 2 is 1.91 bits per heavy atom. The fraction of sp³-hybridized carbons (Fsp3) is 0.346. The van der Waals surface area contributed by atoms with Crippen LogP contribution in [-0.4, -0.2) is 20.5 Å². The van der Waals surface area contributed by atoms with Crippen LogP contribution >= 0.6 is 27.7 Å². The van der Waals surface area contributed by atoms with Crippen molar-refractivity contribution in [3.8, 4) is 0 Å². The van der Waals surface area contributed by atoms with E-state index >= 15 is 0 Å². The zero-order valence-electron chi connectivity index (χ0n) is 19.3. The first kappa shape index (κ1) is 22.4. The maximum absolute atomic E-state index is 13.3. The molecule has 3 aromatic rings. The number of carbonyl (C=O) groups excluding carboxylic acids is 1. The molecule has 1 aromatic heterocycles. The standard InChI is InChI=1S/C26H27BrN4OS/c1-15-5-6-18(16(2)11-15)14-33-25-29-24-28-20-12-26(3,4)13-21(32)22(20)23(31(24)30-25)17-7-9-19(27)10-8-17/h5-11,23H,12-14H2,1-4H3,(H,28,29,30). The van der Waals surface area contributed by atoms with Gasteiger partial charge in [-0.05, 0) is 54.5 Å². The molecule has 1 atom stereocenters. The highest BCUT2D eigenvalue weighted by molar-refractivity contribution is 9.10.